The van der Waals surface area contributed by atoms with Crippen LogP contribution in [0, 0.1) is 0 Å². The summed E-state index contributed by atoms with van der Waals surface area (Å²) in [6, 6.07) is 5.89. The highest BCUT2D eigenvalue weighted by atomic mass is 19.4. The zero-order valence-electron chi connectivity index (χ0n) is 15.5. The maximum atomic E-state index is 13.1. The average molecular weight is 395 g/mol. The highest BCUT2D eigenvalue weighted by Gasteiger charge is 2.35. The zero-order chi connectivity index (χ0) is 20.3. The lowest BCUT2D eigenvalue weighted by molar-refractivity contribution is -0.141. The maximum Gasteiger partial charge on any atom is 0.433 e. The first-order chi connectivity index (χ1) is 13.3. The SMILES string of the molecule is COc1cccc(C(=O)NCCc2nc(C3CC3)cc(C(F)(F)F)n2)c1OC. The van der Waals surface area contributed by atoms with Crippen molar-refractivity contribution in [3.8, 4) is 11.5 Å². The minimum atomic E-state index is -4.53. The van der Waals surface area contributed by atoms with E-state index in [1.54, 1.807) is 18.2 Å². The van der Waals surface area contributed by atoms with Gasteiger partial charge in [-0.2, -0.15) is 13.2 Å². The lowest BCUT2D eigenvalue weighted by Crippen LogP contribution is -2.27. The van der Waals surface area contributed by atoms with Gasteiger partial charge in [0.15, 0.2) is 11.5 Å². The number of hydrogen-bond donors (Lipinski definition) is 1. The van der Waals surface area contributed by atoms with E-state index < -0.39 is 17.8 Å². The number of rotatable bonds is 7. The summed E-state index contributed by atoms with van der Waals surface area (Å²) in [5, 5.41) is 2.66. The van der Waals surface area contributed by atoms with Gasteiger partial charge in [-0.05, 0) is 31.0 Å². The van der Waals surface area contributed by atoms with E-state index in [9.17, 15) is 18.0 Å². The van der Waals surface area contributed by atoms with Crippen molar-refractivity contribution in [1.29, 1.82) is 0 Å². The number of methoxy groups -OCH3 is 2. The van der Waals surface area contributed by atoms with Gasteiger partial charge < -0.3 is 14.8 Å². The molecule has 1 amide bonds. The summed E-state index contributed by atoms with van der Waals surface area (Å²) in [7, 11) is 2.88. The molecule has 0 saturated heterocycles. The van der Waals surface area contributed by atoms with Crippen molar-refractivity contribution in [2.24, 2.45) is 0 Å². The van der Waals surface area contributed by atoms with Gasteiger partial charge in [0.2, 0.25) is 0 Å². The first-order valence-electron chi connectivity index (χ1n) is 8.77. The number of alkyl halides is 3. The van der Waals surface area contributed by atoms with E-state index in [1.165, 1.54) is 14.2 Å². The normalized spacial score (nSPS) is 13.9. The van der Waals surface area contributed by atoms with Gasteiger partial charge in [-0.25, -0.2) is 9.97 Å². The fraction of sp³-hybridized carbons (Fsp3) is 0.421. The Kier molecular flexibility index (Phi) is 5.71. The molecule has 1 N–H and O–H groups in total. The number of para-hydroxylation sites is 1. The molecule has 1 aromatic heterocycles. The molecule has 0 radical (unpaired) electrons. The van der Waals surface area contributed by atoms with Crippen molar-refractivity contribution < 1.29 is 27.4 Å². The molecule has 1 heterocycles. The van der Waals surface area contributed by atoms with Gasteiger partial charge in [-0.15, -0.1) is 0 Å². The molecule has 6 nitrogen and oxygen atoms in total. The number of hydrogen-bond acceptors (Lipinski definition) is 5. The molecule has 0 bridgehead atoms. The number of nitrogens with zero attached hydrogens (tertiary/aromatic N) is 2. The predicted molar refractivity (Wildman–Crippen MR) is 94.6 cm³/mol. The summed E-state index contributed by atoms with van der Waals surface area (Å²) in [6.45, 7) is 0.0879. The third-order valence-corrected chi connectivity index (χ3v) is 4.36. The molecule has 0 atom stereocenters. The van der Waals surface area contributed by atoms with Crippen LogP contribution in [0.15, 0.2) is 24.3 Å². The van der Waals surface area contributed by atoms with E-state index in [0.717, 1.165) is 18.9 Å². The van der Waals surface area contributed by atoms with Crippen LogP contribution in [0.4, 0.5) is 13.2 Å². The number of nitrogens with one attached hydrogen (secondary N) is 1. The van der Waals surface area contributed by atoms with E-state index in [-0.39, 0.29) is 36.0 Å². The molecule has 1 saturated carbocycles. The van der Waals surface area contributed by atoms with Gasteiger partial charge in [0.1, 0.15) is 11.5 Å². The molecule has 2 aromatic rings. The second-order valence-corrected chi connectivity index (χ2v) is 6.41. The highest BCUT2D eigenvalue weighted by Crippen LogP contribution is 2.40. The minimum absolute atomic E-state index is 0.0645. The summed E-state index contributed by atoms with van der Waals surface area (Å²) in [4.78, 5) is 20.3. The Hall–Kier alpha value is -2.84. The van der Waals surface area contributed by atoms with E-state index in [0.29, 0.717) is 11.4 Å². The molecule has 0 unspecified atom stereocenters. The van der Waals surface area contributed by atoms with Crippen LogP contribution >= 0.6 is 0 Å². The molecule has 0 spiro atoms. The molecule has 3 rings (SSSR count). The quantitative estimate of drug-likeness (QED) is 0.778. The molecule has 1 aliphatic rings. The number of amides is 1. The molecule has 0 aliphatic heterocycles. The average Bonchev–Trinajstić information content (AvgIpc) is 3.51. The van der Waals surface area contributed by atoms with Crippen molar-refractivity contribution in [2.75, 3.05) is 20.8 Å². The third kappa shape index (κ3) is 4.52. The van der Waals surface area contributed by atoms with Crippen LogP contribution in [0.5, 0.6) is 11.5 Å². The number of benzene rings is 1. The van der Waals surface area contributed by atoms with Crippen LogP contribution in [-0.2, 0) is 12.6 Å². The van der Waals surface area contributed by atoms with Crippen molar-refractivity contribution >= 4 is 5.91 Å². The van der Waals surface area contributed by atoms with Crippen molar-refractivity contribution in [3.63, 3.8) is 0 Å². The topological polar surface area (TPSA) is 73.3 Å². The lowest BCUT2D eigenvalue weighted by Gasteiger charge is -2.13. The second-order valence-electron chi connectivity index (χ2n) is 6.41. The Balaban J connectivity index is 1.70. The highest BCUT2D eigenvalue weighted by molar-refractivity contribution is 5.97. The Bertz CT molecular complexity index is 867. The summed E-state index contributed by atoms with van der Waals surface area (Å²) in [5.74, 6) is 0.400. The Morgan fingerprint density at radius 2 is 1.96 bits per heavy atom. The lowest BCUT2D eigenvalue weighted by atomic mass is 10.1. The summed E-state index contributed by atoms with van der Waals surface area (Å²) in [5.41, 5.74) is -0.260. The summed E-state index contributed by atoms with van der Waals surface area (Å²) in [6.07, 6.45) is -2.78. The van der Waals surface area contributed by atoms with Crippen molar-refractivity contribution in [2.45, 2.75) is 31.4 Å². The maximum absolute atomic E-state index is 13.1. The predicted octanol–water partition coefficient (Wildman–Crippen LogP) is 3.36. The molecule has 9 heteroatoms. The largest absolute Gasteiger partial charge is 0.493 e. The molecule has 1 aromatic carbocycles. The fourth-order valence-electron chi connectivity index (χ4n) is 2.81. The van der Waals surface area contributed by atoms with Crippen LogP contribution < -0.4 is 14.8 Å². The van der Waals surface area contributed by atoms with Gasteiger partial charge in [-0.3, -0.25) is 4.79 Å². The van der Waals surface area contributed by atoms with Crippen molar-refractivity contribution in [1.82, 2.24) is 15.3 Å². The first kappa shape index (κ1) is 19.9. The van der Waals surface area contributed by atoms with Gasteiger partial charge in [0.25, 0.3) is 5.91 Å². The molecular weight excluding hydrogens is 375 g/mol. The Morgan fingerprint density at radius 3 is 2.57 bits per heavy atom. The molecule has 28 heavy (non-hydrogen) atoms. The number of carbonyl (C=O) groups excluding carboxylic acids is 1. The smallest absolute Gasteiger partial charge is 0.433 e. The molecule has 1 aliphatic carbocycles. The van der Waals surface area contributed by atoms with Crippen LogP contribution in [0.1, 0.15) is 46.3 Å². The number of carbonyl (C=O) groups is 1. The van der Waals surface area contributed by atoms with E-state index in [1.807, 2.05) is 0 Å². The van der Waals surface area contributed by atoms with E-state index in [4.69, 9.17) is 9.47 Å². The van der Waals surface area contributed by atoms with Crippen LogP contribution in [-0.4, -0.2) is 36.6 Å². The zero-order valence-corrected chi connectivity index (χ0v) is 15.5. The van der Waals surface area contributed by atoms with Gasteiger partial charge in [0, 0.05) is 24.6 Å². The van der Waals surface area contributed by atoms with Crippen LogP contribution in [0.3, 0.4) is 0 Å². The van der Waals surface area contributed by atoms with Gasteiger partial charge in [0.05, 0.1) is 19.8 Å². The third-order valence-electron chi connectivity index (χ3n) is 4.36. The summed E-state index contributed by atoms with van der Waals surface area (Å²) >= 11 is 0. The molecule has 150 valence electrons. The van der Waals surface area contributed by atoms with Crippen LogP contribution in [0.2, 0.25) is 0 Å². The van der Waals surface area contributed by atoms with Crippen molar-refractivity contribution in [3.05, 3.63) is 47.0 Å². The fourth-order valence-corrected chi connectivity index (χ4v) is 2.81. The first-order valence-corrected chi connectivity index (χ1v) is 8.77. The molecular formula is C19H20F3N3O3. The Labute approximate surface area is 160 Å². The Morgan fingerprint density at radius 1 is 1.21 bits per heavy atom. The minimum Gasteiger partial charge on any atom is -0.493 e. The monoisotopic (exact) mass is 395 g/mol. The standard InChI is InChI=1S/C19H20F3N3O3/c1-27-14-5-3-4-12(17(14)28-2)18(26)23-9-8-16-24-13(11-6-7-11)10-15(25-16)19(20,21)22/h3-5,10-11H,6-9H2,1-2H3,(H,23,26). The van der Waals surface area contributed by atoms with Gasteiger partial charge in [-0.1, -0.05) is 6.07 Å². The number of halogens is 3. The number of ether oxygens (including phenoxy) is 2. The summed E-state index contributed by atoms with van der Waals surface area (Å²) < 4.78 is 49.6. The molecule has 1 fully saturated rings. The number of aromatic nitrogens is 2. The second kappa shape index (κ2) is 8.04. The van der Waals surface area contributed by atoms with Crippen LogP contribution in [0.25, 0.3) is 0 Å². The van der Waals surface area contributed by atoms with Gasteiger partial charge >= 0.3 is 6.18 Å². The van der Waals surface area contributed by atoms with E-state index >= 15 is 0 Å². The van der Waals surface area contributed by atoms with E-state index in [2.05, 4.69) is 15.3 Å².